The lowest BCUT2D eigenvalue weighted by Crippen LogP contribution is -1.68. The van der Waals surface area contributed by atoms with E-state index in [-0.39, 0.29) is 0 Å². The first-order valence-corrected chi connectivity index (χ1v) is 4.69. The average Bonchev–Trinajstić information content (AvgIpc) is 2.58. The molecule has 0 aromatic carbocycles. The highest BCUT2D eigenvalue weighted by atomic mass is 35.5. The fourth-order valence-corrected chi connectivity index (χ4v) is 1.82. The van der Waals surface area contributed by atoms with Crippen LogP contribution in [0.25, 0.3) is 10.8 Å². The minimum Gasteiger partial charge on any atom is -0.459 e. The third kappa shape index (κ3) is 1.38. The van der Waals surface area contributed by atoms with Crippen LogP contribution in [0.4, 0.5) is 0 Å². The predicted molar refractivity (Wildman–Crippen MR) is 49.6 cm³/mol. The van der Waals surface area contributed by atoms with Gasteiger partial charge in [-0.25, -0.2) is 4.98 Å². The van der Waals surface area contributed by atoms with Crippen molar-refractivity contribution in [1.82, 2.24) is 4.98 Å². The molecule has 0 radical (unpaired) electrons. The highest BCUT2D eigenvalue weighted by molar-refractivity contribution is 7.13. The summed E-state index contributed by atoms with van der Waals surface area (Å²) in [5.74, 6) is 1.67. The normalized spacial score (nSPS) is 10.5. The maximum Gasteiger partial charge on any atom is 0.162 e. The van der Waals surface area contributed by atoms with Gasteiger partial charge >= 0.3 is 0 Å². The highest BCUT2D eigenvalue weighted by Crippen LogP contribution is 2.26. The van der Waals surface area contributed by atoms with Gasteiger partial charge in [-0.1, -0.05) is 11.6 Å². The maximum absolute atomic E-state index is 5.67. The summed E-state index contributed by atoms with van der Waals surface area (Å²) in [6.07, 6.45) is 0. The summed E-state index contributed by atoms with van der Waals surface area (Å²) in [6, 6.07) is 3.80. The lowest BCUT2D eigenvalue weighted by atomic mass is 10.4. The molecule has 0 N–H and O–H groups in total. The molecule has 0 aliphatic carbocycles. The summed E-state index contributed by atoms with van der Waals surface area (Å²) in [5, 5.41) is 3.13. The van der Waals surface area contributed by atoms with Gasteiger partial charge < -0.3 is 4.42 Å². The van der Waals surface area contributed by atoms with E-state index in [1.807, 2.05) is 19.1 Å². The van der Waals surface area contributed by atoms with E-state index in [4.69, 9.17) is 16.0 Å². The van der Waals surface area contributed by atoms with Crippen LogP contribution < -0.4 is 0 Å². The number of aromatic nitrogens is 1. The van der Waals surface area contributed by atoms with Gasteiger partial charge in [-0.05, 0) is 19.1 Å². The Morgan fingerprint density at radius 2 is 2.33 bits per heavy atom. The predicted octanol–water partition coefficient (Wildman–Crippen LogP) is 3.36. The smallest absolute Gasteiger partial charge is 0.162 e. The van der Waals surface area contributed by atoms with E-state index < -0.39 is 0 Å². The van der Waals surface area contributed by atoms with Crippen LogP contribution in [-0.4, -0.2) is 4.98 Å². The molecule has 62 valence electrons. The van der Waals surface area contributed by atoms with Gasteiger partial charge in [-0.3, -0.25) is 0 Å². The Balaban J connectivity index is 2.43. The van der Waals surface area contributed by atoms with Crippen LogP contribution >= 0.6 is 22.9 Å². The molecule has 0 fully saturated rings. The summed E-state index contributed by atoms with van der Waals surface area (Å²) in [5.41, 5.74) is 0. The molecule has 2 aromatic heterocycles. The molecular weight excluding hydrogens is 194 g/mol. The fourth-order valence-electron chi connectivity index (χ4n) is 0.917. The zero-order chi connectivity index (χ0) is 8.55. The van der Waals surface area contributed by atoms with Gasteiger partial charge in [0.05, 0.1) is 0 Å². The molecule has 2 aromatic rings. The van der Waals surface area contributed by atoms with Gasteiger partial charge in [0.1, 0.15) is 10.9 Å². The number of nitrogens with zero attached hydrogens (tertiary/aromatic N) is 1. The SMILES string of the molecule is Cc1ccc(-c2nc(Cl)cs2)o1. The first kappa shape index (κ1) is 7.83. The first-order valence-electron chi connectivity index (χ1n) is 3.43. The number of rotatable bonds is 1. The molecule has 0 amide bonds. The summed E-state index contributed by atoms with van der Waals surface area (Å²) in [4.78, 5) is 4.08. The van der Waals surface area contributed by atoms with Crippen molar-refractivity contribution >= 4 is 22.9 Å². The molecule has 4 heteroatoms. The van der Waals surface area contributed by atoms with Crippen LogP contribution in [0.3, 0.4) is 0 Å². The molecule has 0 saturated heterocycles. The minimum atomic E-state index is 0.518. The van der Waals surface area contributed by atoms with Gasteiger partial charge in [0, 0.05) is 5.38 Å². The summed E-state index contributed by atoms with van der Waals surface area (Å²) in [6.45, 7) is 1.90. The number of thiazole rings is 1. The third-order valence-electron chi connectivity index (χ3n) is 1.43. The molecule has 0 aliphatic rings. The second kappa shape index (κ2) is 2.92. The fraction of sp³-hybridized carbons (Fsp3) is 0.125. The Morgan fingerprint density at radius 3 is 2.83 bits per heavy atom. The number of hydrogen-bond acceptors (Lipinski definition) is 3. The third-order valence-corrected chi connectivity index (χ3v) is 2.61. The van der Waals surface area contributed by atoms with Gasteiger partial charge in [-0.15, -0.1) is 11.3 Å². The van der Waals surface area contributed by atoms with Crippen LogP contribution in [0.1, 0.15) is 5.76 Å². The Bertz CT molecular complexity index is 355. The molecule has 2 rings (SSSR count). The Kier molecular flexibility index (Phi) is 1.90. The monoisotopic (exact) mass is 199 g/mol. The second-order valence-corrected chi connectivity index (χ2v) is 3.63. The van der Waals surface area contributed by atoms with E-state index in [1.54, 1.807) is 5.38 Å². The molecule has 0 saturated carbocycles. The van der Waals surface area contributed by atoms with E-state index in [2.05, 4.69) is 4.98 Å². The summed E-state index contributed by atoms with van der Waals surface area (Å²) >= 11 is 7.15. The zero-order valence-corrected chi connectivity index (χ0v) is 7.95. The van der Waals surface area contributed by atoms with Crippen molar-refractivity contribution in [3.63, 3.8) is 0 Å². The lowest BCUT2D eigenvalue weighted by molar-refractivity contribution is 0.548. The summed E-state index contributed by atoms with van der Waals surface area (Å²) in [7, 11) is 0. The molecule has 12 heavy (non-hydrogen) atoms. The van der Waals surface area contributed by atoms with Crippen molar-refractivity contribution in [2.24, 2.45) is 0 Å². The Labute approximate surface area is 78.8 Å². The van der Waals surface area contributed by atoms with Crippen molar-refractivity contribution in [1.29, 1.82) is 0 Å². The molecule has 0 bridgehead atoms. The van der Waals surface area contributed by atoms with E-state index in [1.165, 1.54) is 11.3 Å². The van der Waals surface area contributed by atoms with Crippen LogP contribution in [0.2, 0.25) is 5.15 Å². The van der Waals surface area contributed by atoms with E-state index in [0.29, 0.717) is 5.15 Å². The number of furan rings is 1. The van der Waals surface area contributed by atoms with Gasteiger partial charge in [-0.2, -0.15) is 0 Å². The molecule has 0 spiro atoms. The molecule has 0 unspecified atom stereocenters. The topological polar surface area (TPSA) is 26.0 Å². The van der Waals surface area contributed by atoms with Crippen molar-refractivity contribution in [2.45, 2.75) is 6.92 Å². The van der Waals surface area contributed by atoms with E-state index >= 15 is 0 Å². The van der Waals surface area contributed by atoms with Gasteiger partial charge in [0.15, 0.2) is 10.8 Å². The van der Waals surface area contributed by atoms with Crippen LogP contribution in [0, 0.1) is 6.92 Å². The largest absolute Gasteiger partial charge is 0.459 e. The van der Waals surface area contributed by atoms with Crippen molar-refractivity contribution in [2.75, 3.05) is 0 Å². The van der Waals surface area contributed by atoms with Crippen LogP contribution in [-0.2, 0) is 0 Å². The Hall–Kier alpha value is -0.800. The van der Waals surface area contributed by atoms with Crippen molar-refractivity contribution in [3.05, 3.63) is 28.4 Å². The average molecular weight is 200 g/mol. The molecule has 2 nitrogen and oxygen atoms in total. The van der Waals surface area contributed by atoms with Crippen molar-refractivity contribution in [3.8, 4) is 10.8 Å². The van der Waals surface area contributed by atoms with Gasteiger partial charge in [0.2, 0.25) is 0 Å². The maximum atomic E-state index is 5.67. The second-order valence-electron chi connectivity index (χ2n) is 2.39. The standard InChI is InChI=1S/C8H6ClNOS/c1-5-2-3-6(11-5)8-10-7(9)4-12-8/h2-4H,1H3. The molecule has 0 atom stereocenters. The molecule has 2 heterocycles. The minimum absolute atomic E-state index is 0.518. The Morgan fingerprint density at radius 1 is 1.50 bits per heavy atom. The number of hydrogen-bond donors (Lipinski definition) is 0. The summed E-state index contributed by atoms with van der Waals surface area (Å²) < 4.78 is 5.37. The van der Waals surface area contributed by atoms with Crippen molar-refractivity contribution < 1.29 is 4.42 Å². The molecule has 0 aliphatic heterocycles. The lowest BCUT2D eigenvalue weighted by Gasteiger charge is -1.86. The van der Waals surface area contributed by atoms with Crippen LogP contribution in [0.15, 0.2) is 21.9 Å². The zero-order valence-electron chi connectivity index (χ0n) is 6.37. The molecular formula is C8H6ClNOS. The van der Waals surface area contributed by atoms with E-state index in [9.17, 15) is 0 Å². The number of halogens is 1. The van der Waals surface area contributed by atoms with Gasteiger partial charge in [0.25, 0.3) is 0 Å². The quantitative estimate of drug-likeness (QED) is 0.704. The van der Waals surface area contributed by atoms with E-state index in [0.717, 1.165) is 16.5 Å². The number of aryl methyl sites for hydroxylation is 1. The highest BCUT2D eigenvalue weighted by Gasteiger charge is 2.06. The first-order chi connectivity index (χ1) is 5.75. The van der Waals surface area contributed by atoms with Crippen LogP contribution in [0.5, 0.6) is 0 Å².